The monoisotopic (exact) mass is 495 g/mol. The Bertz CT molecular complexity index is 1150. The van der Waals surface area contributed by atoms with Gasteiger partial charge in [0.2, 0.25) is 6.79 Å². The van der Waals surface area contributed by atoms with Gasteiger partial charge in [0.15, 0.2) is 11.5 Å². The molecule has 5 rings (SSSR count). The predicted molar refractivity (Wildman–Crippen MR) is 135 cm³/mol. The van der Waals surface area contributed by atoms with Crippen molar-refractivity contribution in [3.8, 4) is 11.5 Å². The van der Waals surface area contributed by atoms with Crippen molar-refractivity contribution >= 4 is 35.1 Å². The molecule has 0 atom stereocenters. The number of benzene rings is 3. The van der Waals surface area contributed by atoms with Gasteiger partial charge in [0.1, 0.15) is 0 Å². The lowest BCUT2D eigenvalue weighted by atomic mass is 10.0. The van der Waals surface area contributed by atoms with E-state index in [9.17, 15) is 4.79 Å². The number of nitrogens with zero attached hydrogens (tertiary/aromatic N) is 1. The minimum Gasteiger partial charge on any atom is -0.454 e. The van der Waals surface area contributed by atoms with Crippen LogP contribution in [-0.2, 0) is 6.54 Å². The van der Waals surface area contributed by atoms with Gasteiger partial charge in [-0.1, -0.05) is 41.6 Å². The minimum absolute atomic E-state index is 0.157. The van der Waals surface area contributed by atoms with Crippen molar-refractivity contribution in [2.24, 2.45) is 0 Å². The van der Waals surface area contributed by atoms with Crippen LogP contribution < -0.4 is 20.1 Å². The molecule has 0 aliphatic carbocycles. The quantitative estimate of drug-likeness (QED) is 0.438. The molecular formula is C26H26ClN3O3S. The number of carbonyl (C=O) groups is 1. The highest BCUT2D eigenvalue weighted by Gasteiger charge is 2.22. The Kier molecular flexibility index (Phi) is 7.13. The van der Waals surface area contributed by atoms with Crippen molar-refractivity contribution in [1.82, 2.24) is 10.2 Å². The first-order chi connectivity index (χ1) is 16.6. The molecule has 2 heterocycles. The first-order valence-corrected chi connectivity index (χ1v) is 12.5. The molecule has 3 aromatic rings. The van der Waals surface area contributed by atoms with Gasteiger partial charge in [0.25, 0.3) is 0 Å². The number of carbonyl (C=O) groups excluding carboxylic acids is 1. The van der Waals surface area contributed by atoms with Crippen molar-refractivity contribution in [1.29, 1.82) is 0 Å². The maximum Gasteiger partial charge on any atom is 0.319 e. The number of urea groups is 1. The summed E-state index contributed by atoms with van der Waals surface area (Å²) >= 11 is 7.58. The number of hydrogen-bond donors (Lipinski definition) is 2. The molecule has 1 fully saturated rings. The maximum absolute atomic E-state index is 12.7. The number of anilines is 1. The Morgan fingerprint density at radius 3 is 2.59 bits per heavy atom. The number of hydrogen-bond acceptors (Lipinski definition) is 5. The van der Waals surface area contributed by atoms with E-state index in [1.165, 1.54) is 5.56 Å². The average molecular weight is 496 g/mol. The van der Waals surface area contributed by atoms with Crippen LogP contribution in [0.5, 0.6) is 11.5 Å². The van der Waals surface area contributed by atoms with E-state index in [1.54, 1.807) is 11.8 Å². The van der Waals surface area contributed by atoms with Crippen LogP contribution in [0, 0.1) is 0 Å². The van der Waals surface area contributed by atoms with Crippen molar-refractivity contribution < 1.29 is 14.3 Å². The smallest absolute Gasteiger partial charge is 0.319 e. The Labute approximate surface area is 208 Å². The standard InChI is InChI=1S/C26H26ClN3O3S/c27-19-6-8-21(9-7-19)34-25-4-2-1-3-22(25)29-26(31)28-20-11-13-30(14-12-20)16-18-5-10-23-24(15-18)33-17-32-23/h1-10,15,20H,11-14,16-17H2,(H2,28,29,31). The molecule has 2 N–H and O–H groups in total. The molecule has 34 heavy (non-hydrogen) atoms. The van der Waals surface area contributed by atoms with E-state index in [1.807, 2.05) is 54.6 Å². The minimum atomic E-state index is -0.168. The van der Waals surface area contributed by atoms with Gasteiger partial charge in [-0.3, -0.25) is 4.90 Å². The van der Waals surface area contributed by atoms with Gasteiger partial charge in [0.05, 0.1) is 5.69 Å². The molecule has 0 aromatic heterocycles. The largest absolute Gasteiger partial charge is 0.454 e. The highest BCUT2D eigenvalue weighted by atomic mass is 35.5. The summed E-state index contributed by atoms with van der Waals surface area (Å²) in [5.41, 5.74) is 2.00. The molecule has 2 aliphatic rings. The molecule has 0 spiro atoms. The zero-order chi connectivity index (χ0) is 23.3. The normalized spacial score (nSPS) is 15.8. The number of amides is 2. The fourth-order valence-electron chi connectivity index (χ4n) is 4.17. The molecule has 6 nitrogen and oxygen atoms in total. The topological polar surface area (TPSA) is 62.8 Å². The lowest BCUT2D eigenvalue weighted by molar-refractivity contribution is 0.173. The van der Waals surface area contributed by atoms with Crippen LogP contribution in [0.4, 0.5) is 10.5 Å². The molecule has 0 radical (unpaired) electrons. The highest BCUT2D eigenvalue weighted by Crippen LogP contribution is 2.34. The van der Waals surface area contributed by atoms with E-state index in [4.69, 9.17) is 21.1 Å². The molecule has 3 aromatic carbocycles. The summed E-state index contributed by atoms with van der Waals surface area (Å²) in [7, 11) is 0. The molecule has 0 unspecified atom stereocenters. The van der Waals surface area contributed by atoms with Gasteiger partial charge in [-0.05, 0) is 66.9 Å². The second kappa shape index (κ2) is 10.6. The molecule has 176 valence electrons. The van der Waals surface area contributed by atoms with E-state index in [-0.39, 0.29) is 12.1 Å². The van der Waals surface area contributed by atoms with E-state index >= 15 is 0 Å². The van der Waals surface area contributed by atoms with Crippen LogP contribution in [-0.4, -0.2) is 36.9 Å². The summed E-state index contributed by atoms with van der Waals surface area (Å²) in [6, 6.07) is 21.6. The Balaban J connectivity index is 1.11. The first kappa shape index (κ1) is 22.9. The second-order valence-electron chi connectivity index (χ2n) is 8.39. The zero-order valence-electron chi connectivity index (χ0n) is 18.6. The Hall–Kier alpha value is -2.87. The summed E-state index contributed by atoms with van der Waals surface area (Å²) in [5.74, 6) is 1.63. The Morgan fingerprint density at radius 2 is 1.76 bits per heavy atom. The average Bonchev–Trinajstić information content (AvgIpc) is 3.31. The third kappa shape index (κ3) is 5.78. The summed E-state index contributed by atoms with van der Waals surface area (Å²) in [6.07, 6.45) is 1.83. The number of halogens is 1. The van der Waals surface area contributed by atoms with E-state index < -0.39 is 0 Å². The van der Waals surface area contributed by atoms with E-state index in [0.717, 1.165) is 59.5 Å². The number of para-hydroxylation sites is 1. The van der Waals surface area contributed by atoms with Gasteiger partial charge in [-0.15, -0.1) is 0 Å². The molecule has 2 aliphatic heterocycles. The van der Waals surface area contributed by atoms with Gasteiger partial charge >= 0.3 is 6.03 Å². The van der Waals surface area contributed by atoms with E-state index in [2.05, 4.69) is 27.7 Å². The second-order valence-corrected chi connectivity index (χ2v) is 9.94. The number of rotatable bonds is 6. The fourth-order valence-corrected chi connectivity index (χ4v) is 5.19. The first-order valence-electron chi connectivity index (χ1n) is 11.3. The summed E-state index contributed by atoms with van der Waals surface area (Å²) in [4.78, 5) is 17.2. The predicted octanol–water partition coefficient (Wildman–Crippen LogP) is 6.01. The number of piperidine rings is 1. The lowest BCUT2D eigenvalue weighted by Gasteiger charge is -2.32. The van der Waals surface area contributed by atoms with Crippen LogP contribution in [0.2, 0.25) is 5.02 Å². The third-order valence-corrected chi connectivity index (χ3v) is 7.28. The van der Waals surface area contributed by atoms with Crippen LogP contribution in [0.25, 0.3) is 0 Å². The zero-order valence-corrected chi connectivity index (χ0v) is 20.2. The molecular weight excluding hydrogens is 470 g/mol. The van der Waals surface area contributed by atoms with Crippen molar-refractivity contribution in [3.63, 3.8) is 0 Å². The van der Waals surface area contributed by atoms with Crippen LogP contribution in [0.1, 0.15) is 18.4 Å². The molecule has 8 heteroatoms. The van der Waals surface area contributed by atoms with Crippen LogP contribution >= 0.6 is 23.4 Å². The van der Waals surface area contributed by atoms with Gasteiger partial charge in [-0.25, -0.2) is 4.79 Å². The molecule has 1 saturated heterocycles. The van der Waals surface area contributed by atoms with Gasteiger partial charge in [-0.2, -0.15) is 0 Å². The summed E-state index contributed by atoms with van der Waals surface area (Å²) in [6.45, 7) is 3.03. The highest BCUT2D eigenvalue weighted by molar-refractivity contribution is 7.99. The van der Waals surface area contributed by atoms with Gasteiger partial charge < -0.3 is 20.1 Å². The maximum atomic E-state index is 12.7. The van der Waals surface area contributed by atoms with Crippen LogP contribution in [0.3, 0.4) is 0 Å². The van der Waals surface area contributed by atoms with Gasteiger partial charge in [0, 0.05) is 40.5 Å². The summed E-state index contributed by atoms with van der Waals surface area (Å²) < 4.78 is 10.9. The van der Waals surface area contributed by atoms with E-state index in [0.29, 0.717) is 11.8 Å². The summed E-state index contributed by atoms with van der Waals surface area (Å²) in [5, 5.41) is 6.88. The SMILES string of the molecule is O=C(Nc1ccccc1Sc1ccc(Cl)cc1)NC1CCN(Cc2ccc3c(c2)OCO3)CC1. The third-order valence-electron chi connectivity index (χ3n) is 5.94. The van der Waals surface area contributed by atoms with Crippen molar-refractivity contribution in [2.75, 3.05) is 25.2 Å². The number of ether oxygens (including phenoxy) is 2. The van der Waals surface area contributed by atoms with Crippen molar-refractivity contribution in [2.45, 2.75) is 35.2 Å². The lowest BCUT2D eigenvalue weighted by Crippen LogP contribution is -2.45. The van der Waals surface area contributed by atoms with Crippen molar-refractivity contribution in [3.05, 3.63) is 77.3 Å². The number of likely N-dealkylation sites (tertiary alicyclic amines) is 1. The number of nitrogens with one attached hydrogen (secondary N) is 2. The molecule has 0 saturated carbocycles. The Morgan fingerprint density at radius 1 is 1.00 bits per heavy atom. The fraction of sp³-hybridized carbons (Fsp3) is 0.269. The number of fused-ring (bicyclic) bond motifs is 1. The molecule has 2 amide bonds. The van der Waals surface area contributed by atoms with Crippen LogP contribution in [0.15, 0.2) is 76.5 Å². The molecule has 0 bridgehead atoms.